The molecule has 0 spiro atoms. The van der Waals surface area contributed by atoms with Gasteiger partial charge in [0.05, 0.1) is 20.3 Å². The minimum Gasteiger partial charge on any atom is -0.468 e. The fourth-order valence-electron chi connectivity index (χ4n) is 2.21. The third kappa shape index (κ3) is 3.06. The van der Waals surface area contributed by atoms with Crippen LogP contribution in [0, 0.1) is 0 Å². The minimum absolute atomic E-state index is 0.0397. The van der Waals surface area contributed by atoms with E-state index in [0.29, 0.717) is 32.8 Å². The van der Waals surface area contributed by atoms with Crippen LogP contribution >= 0.6 is 0 Å². The summed E-state index contributed by atoms with van der Waals surface area (Å²) in [6.45, 7) is 2.56. The maximum absolute atomic E-state index is 12.5. The van der Waals surface area contributed by atoms with E-state index in [0.717, 1.165) is 0 Å². The maximum atomic E-state index is 12.5. The summed E-state index contributed by atoms with van der Waals surface area (Å²) in [5.41, 5.74) is 0. The van der Waals surface area contributed by atoms with E-state index in [-0.39, 0.29) is 13.2 Å². The zero-order chi connectivity index (χ0) is 13.9. The van der Waals surface area contributed by atoms with Gasteiger partial charge in [-0.2, -0.15) is 17.0 Å². The number of morpholine rings is 1. The zero-order valence-electron chi connectivity index (χ0n) is 10.9. The van der Waals surface area contributed by atoms with Gasteiger partial charge in [-0.15, -0.1) is 0 Å². The molecule has 0 bridgehead atoms. The summed E-state index contributed by atoms with van der Waals surface area (Å²) in [7, 11) is -2.40. The Morgan fingerprint density at radius 1 is 1.32 bits per heavy atom. The smallest absolute Gasteiger partial charge is 0.326 e. The van der Waals surface area contributed by atoms with E-state index in [1.54, 1.807) is 0 Å². The molecule has 2 fully saturated rings. The first kappa shape index (κ1) is 14.7. The van der Waals surface area contributed by atoms with Crippen LogP contribution in [0.3, 0.4) is 0 Å². The van der Waals surface area contributed by atoms with Crippen molar-refractivity contribution in [2.75, 3.05) is 53.0 Å². The predicted molar refractivity (Wildman–Crippen MR) is 66.7 cm³/mol. The number of esters is 1. The first-order valence-electron chi connectivity index (χ1n) is 6.20. The summed E-state index contributed by atoms with van der Waals surface area (Å²) in [4.78, 5) is 11.7. The highest BCUT2D eigenvalue weighted by Crippen LogP contribution is 2.17. The second kappa shape index (κ2) is 6.14. The van der Waals surface area contributed by atoms with Crippen molar-refractivity contribution >= 4 is 16.2 Å². The van der Waals surface area contributed by atoms with Crippen LogP contribution in [0.2, 0.25) is 0 Å². The number of piperazine rings is 1. The lowest BCUT2D eigenvalue weighted by molar-refractivity contribution is -0.149. The molecule has 2 aliphatic rings. The van der Waals surface area contributed by atoms with E-state index >= 15 is 0 Å². The number of hydrogen-bond acceptors (Lipinski definition) is 6. The lowest BCUT2D eigenvalue weighted by Gasteiger charge is -2.37. The third-order valence-electron chi connectivity index (χ3n) is 3.25. The maximum Gasteiger partial charge on any atom is 0.326 e. The quantitative estimate of drug-likeness (QED) is 0.606. The van der Waals surface area contributed by atoms with Crippen LogP contribution < -0.4 is 5.32 Å². The molecule has 2 saturated heterocycles. The molecule has 0 amide bonds. The molecular weight excluding hydrogens is 274 g/mol. The van der Waals surface area contributed by atoms with Gasteiger partial charge in [0.15, 0.2) is 0 Å². The van der Waals surface area contributed by atoms with Gasteiger partial charge >= 0.3 is 5.97 Å². The molecule has 2 aliphatic heterocycles. The summed E-state index contributed by atoms with van der Waals surface area (Å²) < 4.78 is 37.5. The molecule has 0 aromatic heterocycles. The fraction of sp³-hybridized carbons (Fsp3) is 0.900. The first-order valence-corrected chi connectivity index (χ1v) is 7.60. The predicted octanol–water partition coefficient (Wildman–Crippen LogP) is -1.99. The van der Waals surface area contributed by atoms with Crippen molar-refractivity contribution in [1.29, 1.82) is 0 Å². The molecule has 8 nitrogen and oxygen atoms in total. The van der Waals surface area contributed by atoms with E-state index in [1.807, 2.05) is 0 Å². The average molecular weight is 293 g/mol. The van der Waals surface area contributed by atoms with Gasteiger partial charge in [0.25, 0.3) is 10.2 Å². The van der Waals surface area contributed by atoms with E-state index in [9.17, 15) is 13.2 Å². The van der Waals surface area contributed by atoms with Gasteiger partial charge in [0.2, 0.25) is 0 Å². The first-order chi connectivity index (χ1) is 9.07. The van der Waals surface area contributed by atoms with Crippen molar-refractivity contribution in [3.05, 3.63) is 0 Å². The third-order valence-corrected chi connectivity index (χ3v) is 5.30. The molecule has 0 aliphatic carbocycles. The average Bonchev–Trinajstić information content (AvgIpc) is 2.47. The number of methoxy groups -OCH3 is 1. The SMILES string of the molecule is COC(=O)C1COCCN1S(=O)(=O)N1CCNCC1. The van der Waals surface area contributed by atoms with E-state index in [2.05, 4.69) is 10.1 Å². The molecule has 2 rings (SSSR count). The Kier molecular flexibility index (Phi) is 4.74. The van der Waals surface area contributed by atoms with Crippen LogP contribution in [-0.4, -0.2) is 82.1 Å². The van der Waals surface area contributed by atoms with Crippen molar-refractivity contribution in [2.24, 2.45) is 0 Å². The Labute approximate surface area is 112 Å². The monoisotopic (exact) mass is 293 g/mol. The lowest BCUT2D eigenvalue weighted by Crippen LogP contribution is -2.59. The number of nitrogens with zero attached hydrogens (tertiary/aromatic N) is 2. The van der Waals surface area contributed by atoms with Crippen LogP contribution in [0.1, 0.15) is 0 Å². The molecule has 1 N–H and O–H groups in total. The van der Waals surface area contributed by atoms with Gasteiger partial charge < -0.3 is 14.8 Å². The Hall–Kier alpha value is -0.740. The minimum atomic E-state index is -3.64. The number of ether oxygens (including phenoxy) is 2. The molecule has 0 aromatic carbocycles. The summed E-state index contributed by atoms with van der Waals surface area (Å²) in [6, 6.07) is -0.890. The molecule has 19 heavy (non-hydrogen) atoms. The molecule has 110 valence electrons. The normalized spacial score (nSPS) is 27.1. The van der Waals surface area contributed by atoms with Crippen LogP contribution in [0.4, 0.5) is 0 Å². The molecule has 9 heteroatoms. The Morgan fingerprint density at radius 3 is 2.63 bits per heavy atom. The van der Waals surface area contributed by atoms with Crippen molar-refractivity contribution < 1.29 is 22.7 Å². The fourth-order valence-corrected chi connectivity index (χ4v) is 3.92. The highest BCUT2D eigenvalue weighted by atomic mass is 32.2. The Balaban J connectivity index is 2.18. The van der Waals surface area contributed by atoms with Gasteiger partial charge in [-0.1, -0.05) is 0 Å². The highest BCUT2D eigenvalue weighted by Gasteiger charge is 2.41. The standard InChI is InChI=1S/C10H19N3O5S/c1-17-10(14)9-8-18-7-6-13(9)19(15,16)12-4-2-11-3-5-12/h9,11H,2-8H2,1H3. The number of rotatable bonds is 3. The lowest BCUT2D eigenvalue weighted by atomic mass is 10.3. The van der Waals surface area contributed by atoms with Crippen molar-refractivity contribution in [1.82, 2.24) is 13.9 Å². The molecule has 2 heterocycles. The van der Waals surface area contributed by atoms with Crippen LogP contribution in [0.5, 0.6) is 0 Å². The Bertz CT molecular complexity index is 421. The second-order valence-corrected chi connectivity index (χ2v) is 6.26. The van der Waals surface area contributed by atoms with Gasteiger partial charge in [-0.05, 0) is 0 Å². The number of carbonyl (C=O) groups excluding carboxylic acids is 1. The van der Waals surface area contributed by atoms with Gasteiger partial charge in [0.1, 0.15) is 6.04 Å². The van der Waals surface area contributed by atoms with Crippen molar-refractivity contribution in [2.45, 2.75) is 6.04 Å². The summed E-state index contributed by atoms with van der Waals surface area (Å²) in [5, 5.41) is 3.09. The van der Waals surface area contributed by atoms with Gasteiger partial charge in [-0.3, -0.25) is 4.79 Å². The molecular formula is C10H19N3O5S. The van der Waals surface area contributed by atoms with Crippen LogP contribution in [-0.2, 0) is 24.5 Å². The zero-order valence-corrected chi connectivity index (χ0v) is 11.7. The summed E-state index contributed by atoms with van der Waals surface area (Å²) in [5.74, 6) is -0.585. The number of carbonyl (C=O) groups is 1. The summed E-state index contributed by atoms with van der Waals surface area (Å²) >= 11 is 0. The van der Waals surface area contributed by atoms with E-state index in [1.165, 1.54) is 15.7 Å². The Morgan fingerprint density at radius 2 is 2.00 bits per heavy atom. The highest BCUT2D eigenvalue weighted by molar-refractivity contribution is 7.86. The van der Waals surface area contributed by atoms with Crippen LogP contribution in [0.15, 0.2) is 0 Å². The number of nitrogens with one attached hydrogen (secondary N) is 1. The molecule has 0 saturated carbocycles. The van der Waals surface area contributed by atoms with E-state index < -0.39 is 22.2 Å². The second-order valence-electron chi connectivity index (χ2n) is 4.38. The topological polar surface area (TPSA) is 88.2 Å². The van der Waals surface area contributed by atoms with Crippen molar-refractivity contribution in [3.8, 4) is 0 Å². The molecule has 0 radical (unpaired) electrons. The van der Waals surface area contributed by atoms with Crippen molar-refractivity contribution in [3.63, 3.8) is 0 Å². The summed E-state index contributed by atoms with van der Waals surface area (Å²) in [6.07, 6.45) is 0. The number of hydrogen-bond donors (Lipinski definition) is 1. The van der Waals surface area contributed by atoms with Crippen LogP contribution in [0.25, 0.3) is 0 Å². The van der Waals surface area contributed by atoms with Gasteiger partial charge in [0, 0.05) is 32.7 Å². The molecule has 0 aromatic rings. The largest absolute Gasteiger partial charge is 0.468 e. The molecule has 1 unspecified atom stereocenters. The van der Waals surface area contributed by atoms with Gasteiger partial charge in [-0.25, -0.2) is 0 Å². The van der Waals surface area contributed by atoms with E-state index in [4.69, 9.17) is 4.74 Å². The molecule has 1 atom stereocenters.